The van der Waals surface area contributed by atoms with Gasteiger partial charge in [0.25, 0.3) is 0 Å². The van der Waals surface area contributed by atoms with E-state index in [-0.39, 0.29) is 10.9 Å². The lowest BCUT2D eigenvalue weighted by molar-refractivity contribution is -0.137. The van der Waals surface area contributed by atoms with Crippen LogP contribution in [0.15, 0.2) is 29.2 Å². The number of pyridine rings is 1. The molecule has 1 fully saturated rings. The van der Waals surface area contributed by atoms with Gasteiger partial charge in [0.15, 0.2) is 5.65 Å². The molecule has 0 bridgehead atoms. The maximum absolute atomic E-state index is 13.3. The van der Waals surface area contributed by atoms with Crippen molar-refractivity contribution in [2.24, 2.45) is 0 Å². The molecule has 1 aromatic carbocycles. The SMILES string of the molecule is Cc1nc(N[C@H](C)c2cc(N)cc(C(F)(F)F)c2)c2cc(S(=O)C(C)C)c(N3CCCC3)nc2n1. The first-order valence-electron chi connectivity index (χ1n) is 11.5. The molecule has 2 atom stereocenters. The molecule has 0 aliphatic carbocycles. The molecule has 3 heterocycles. The van der Waals surface area contributed by atoms with Crippen molar-refractivity contribution >= 4 is 39.2 Å². The van der Waals surface area contributed by atoms with Gasteiger partial charge in [-0.15, -0.1) is 0 Å². The van der Waals surface area contributed by atoms with Crippen LogP contribution < -0.4 is 16.0 Å². The zero-order chi connectivity index (χ0) is 25.5. The largest absolute Gasteiger partial charge is 0.416 e. The van der Waals surface area contributed by atoms with Crippen molar-refractivity contribution in [3.8, 4) is 0 Å². The first-order valence-corrected chi connectivity index (χ1v) is 12.7. The van der Waals surface area contributed by atoms with E-state index in [0.717, 1.165) is 38.1 Å². The second kappa shape index (κ2) is 9.60. The molecule has 11 heteroatoms. The molecule has 35 heavy (non-hydrogen) atoms. The van der Waals surface area contributed by atoms with Gasteiger partial charge in [0, 0.05) is 24.0 Å². The molecule has 1 aliphatic heterocycles. The van der Waals surface area contributed by atoms with Gasteiger partial charge in [0.1, 0.15) is 17.5 Å². The third-order valence-electron chi connectivity index (χ3n) is 5.95. The monoisotopic (exact) mass is 506 g/mol. The average Bonchev–Trinajstić information content (AvgIpc) is 3.31. The minimum Gasteiger partial charge on any atom is -0.399 e. The summed E-state index contributed by atoms with van der Waals surface area (Å²) in [4.78, 5) is 16.5. The smallest absolute Gasteiger partial charge is 0.399 e. The zero-order valence-corrected chi connectivity index (χ0v) is 20.9. The Morgan fingerprint density at radius 3 is 2.37 bits per heavy atom. The molecule has 0 spiro atoms. The van der Waals surface area contributed by atoms with E-state index in [1.165, 1.54) is 6.07 Å². The third-order valence-corrected chi connectivity index (χ3v) is 7.54. The zero-order valence-electron chi connectivity index (χ0n) is 20.1. The number of nitrogens with two attached hydrogens (primary N) is 1. The summed E-state index contributed by atoms with van der Waals surface area (Å²) in [5, 5.41) is 3.65. The third kappa shape index (κ3) is 5.34. The number of halogens is 3. The van der Waals surface area contributed by atoms with Crippen LogP contribution in [0.4, 0.5) is 30.5 Å². The van der Waals surface area contributed by atoms with E-state index in [9.17, 15) is 17.4 Å². The van der Waals surface area contributed by atoms with Crippen LogP contribution in [0, 0.1) is 6.92 Å². The fraction of sp³-hybridized carbons (Fsp3) is 0.458. The van der Waals surface area contributed by atoms with Gasteiger partial charge in [0.2, 0.25) is 0 Å². The van der Waals surface area contributed by atoms with Gasteiger partial charge in [-0.05, 0) is 56.5 Å². The quantitative estimate of drug-likeness (QED) is 0.442. The number of aromatic nitrogens is 3. The lowest BCUT2D eigenvalue weighted by atomic mass is 10.0. The summed E-state index contributed by atoms with van der Waals surface area (Å²) in [6, 6.07) is 4.76. The number of fused-ring (bicyclic) bond motifs is 1. The van der Waals surface area contributed by atoms with Crippen molar-refractivity contribution in [2.45, 2.75) is 62.9 Å². The van der Waals surface area contributed by atoms with E-state index in [2.05, 4.69) is 20.2 Å². The molecule has 7 nitrogen and oxygen atoms in total. The molecular weight excluding hydrogens is 477 g/mol. The van der Waals surface area contributed by atoms with Crippen molar-refractivity contribution in [3.63, 3.8) is 0 Å². The Morgan fingerprint density at radius 2 is 1.74 bits per heavy atom. The Labute approximate surface area is 204 Å². The van der Waals surface area contributed by atoms with Crippen molar-refractivity contribution in [3.05, 3.63) is 41.2 Å². The number of nitrogens with zero attached hydrogens (tertiary/aromatic N) is 4. The van der Waals surface area contributed by atoms with Crippen LogP contribution in [0.1, 0.15) is 56.6 Å². The molecule has 1 unspecified atom stereocenters. The molecule has 4 rings (SSSR count). The summed E-state index contributed by atoms with van der Waals surface area (Å²) in [6.45, 7) is 8.91. The fourth-order valence-corrected chi connectivity index (χ4v) is 5.28. The standard InChI is InChI=1S/C24H29F3N6OS/c1-13(2)35(34)20-12-19-21(29-14(3)16-9-17(24(25,26)27)11-18(28)10-16)30-15(4)31-22(19)32-23(20)33-7-5-6-8-33/h9-14H,5-8,28H2,1-4H3,(H,29,30,31,32)/t14-,35?/m1/s1. The first kappa shape index (κ1) is 25.2. The topological polar surface area (TPSA) is 97.0 Å². The average molecular weight is 507 g/mol. The van der Waals surface area contributed by atoms with E-state index >= 15 is 0 Å². The number of nitrogens with one attached hydrogen (secondary N) is 1. The van der Waals surface area contributed by atoms with Crippen LogP contribution in [0.2, 0.25) is 0 Å². The van der Waals surface area contributed by atoms with E-state index < -0.39 is 28.6 Å². The van der Waals surface area contributed by atoms with Crippen LogP contribution >= 0.6 is 0 Å². The molecule has 0 saturated carbocycles. The Hall–Kier alpha value is -2.95. The van der Waals surface area contributed by atoms with Gasteiger partial charge in [-0.25, -0.2) is 15.0 Å². The number of benzene rings is 1. The number of aryl methyl sites for hydroxylation is 1. The Kier molecular flexibility index (Phi) is 6.90. The molecule has 3 N–H and O–H groups in total. The van der Waals surface area contributed by atoms with E-state index in [0.29, 0.717) is 39.0 Å². The van der Waals surface area contributed by atoms with Crippen LogP contribution in [0.3, 0.4) is 0 Å². The number of rotatable bonds is 6. The van der Waals surface area contributed by atoms with Crippen molar-refractivity contribution in [2.75, 3.05) is 29.0 Å². The molecular formula is C24H29F3N6OS. The highest BCUT2D eigenvalue weighted by molar-refractivity contribution is 7.85. The van der Waals surface area contributed by atoms with E-state index in [1.807, 2.05) is 13.8 Å². The first-order chi connectivity index (χ1) is 16.4. The lowest BCUT2D eigenvalue weighted by Crippen LogP contribution is -2.22. The van der Waals surface area contributed by atoms with Crippen molar-refractivity contribution < 1.29 is 17.4 Å². The van der Waals surface area contributed by atoms with Gasteiger partial charge in [0.05, 0.1) is 32.7 Å². The summed E-state index contributed by atoms with van der Waals surface area (Å²) >= 11 is 0. The predicted molar refractivity (Wildman–Crippen MR) is 133 cm³/mol. The highest BCUT2D eigenvalue weighted by Crippen LogP contribution is 2.35. The van der Waals surface area contributed by atoms with Gasteiger partial charge in [-0.1, -0.05) is 13.8 Å². The minimum absolute atomic E-state index is 0.0266. The maximum atomic E-state index is 13.3. The van der Waals surface area contributed by atoms with Gasteiger partial charge < -0.3 is 16.0 Å². The molecule has 1 saturated heterocycles. The second-order valence-corrected chi connectivity index (χ2v) is 11.1. The molecule has 0 radical (unpaired) electrons. The lowest BCUT2D eigenvalue weighted by Gasteiger charge is -2.22. The van der Waals surface area contributed by atoms with Gasteiger partial charge >= 0.3 is 6.18 Å². The summed E-state index contributed by atoms with van der Waals surface area (Å²) in [7, 11) is -1.31. The minimum atomic E-state index is -4.51. The number of nitrogen functional groups attached to an aromatic ring is 1. The molecule has 2 aromatic heterocycles. The van der Waals surface area contributed by atoms with Crippen LogP contribution in [-0.4, -0.2) is 37.5 Å². The number of hydrogen-bond donors (Lipinski definition) is 2. The van der Waals surface area contributed by atoms with Crippen LogP contribution in [0.5, 0.6) is 0 Å². The number of hydrogen-bond acceptors (Lipinski definition) is 7. The normalized spacial score (nSPS) is 16.2. The summed E-state index contributed by atoms with van der Waals surface area (Å²) in [5.74, 6) is 1.55. The fourth-order valence-electron chi connectivity index (χ4n) is 4.18. The summed E-state index contributed by atoms with van der Waals surface area (Å²) < 4.78 is 53.2. The Morgan fingerprint density at radius 1 is 1.06 bits per heavy atom. The maximum Gasteiger partial charge on any atom is 0.416 e. The second-order valence-electron chi connectivity index (χ2n) is 9.09. The molecule has 1 aliphatic rings. The highest BCUT2D eigenvalue weighted by Gasteiger charge is 2.31. The molecule has 3 aromatic rings. The van der Waals surface area contributed by atoms with E-state index in [1.54, 1.807) is 19.9 Å². The van der Waals surface area contributed by atoms with Crippen LogP contribution in [-0.2, 0) is 17.0 Å². The summed E-state index contributed by atoms with van der Waals surface area (Å²) in [5.41, 5.74) is 5.79. The number of alkyl halides is 3. The predicted octanol–water partition coefficient (Wildman–Crippen LogP) is 5.22. The van der Waals surface area contributed by atoms with Gasteiger partial charge in [-0.3, -0.25) is 4.21 Å². The Balaban J connectivity index is 1.80. The van der Waals surface area contributed by atoms with Gasteiger partial charge in [-0.2, -0.15) is 13.2 Å². The Bertz CT molecular complexity index is 1270. The highest BCUT2D eigenvalue weighted by atomic mass is 32.2. The summed E-state index contributed by atoms with van der Waals surface area (Å²) in [6.07, 6.45) is -2.42. The van der Waals surface area contributed by atoms with E-state index in [4.69, 9.17) is 10.7 Å². The molecule has 0 amide bonds. The van der Waals surface area contributed by atoms with Crippen molar-refractivity contribution in [1.29, 1.82) is 0 Å². The van der Waals surface area contributed by atoms with Crippen molar-refractivity contribution in [1.82, 2.24) is 15.0 Å². The number of anilines is 3. The molecule has 188 valence electrons. The van der Waals surface area contributed by atoms with Crippen LogP contribution in [0.25, 0.3) is 11.0 Å².